The number of hydrogen-bond acceptors (Lipinski definition) is 6. The smallest absolute Gasteiger partial charge is 0.355 e. The van der Waals surface area contributed by atoms with Gasteiger partial charge in [0, 0.05) is 0 Å². The van der Waals surface area contributed by atoms with Crippen LogP contribution in [0.25, 0.3) is 0 Å². The second-order valence-corrected chi connectivity index (χ2v) is 5.17. The number of hydrogen-bond donors (Lipinski definition) is 1. The highest BCUT2D eigenvalue weighted by atomic mass is 19.1. The fraction of sp³-hybridized carbons (Fsp3) is 0.286. The number of nitrogens with zero attached hydrogens (tertiary/aromatic N) is 2. The minimum Gasteiger partial charge on any atom is -0.464 e. The van der Waals surface area contributed by atoms with Crippen LogP contribution in [0.5, 0.6) is 0 Å². The highest BCUT2D eigenvalue weighted by Crippen LogP contribution is 2.38. The van der Waals surface area contributed by atoms with Gasteiger partial charge in [-0.15, -0.1) is 0 Å². The van der Waals surface area contributed by atoms with Crippen molar-refractivity contribution in [2.75, 3.05) is 12.0 Å². The molecular weight excluding hydrogens is 293 g/mol. The number of carbonyl (C=O) groups excluding carboxylic acids is 3. The molecule has 0 spiro atoms. The summed E-state index contributed by atoms with van der Waals surface area (Å²) in [4.78, 5) is 37.6. The van der Waals surface area contributed by atoms with Crippen LogP contribution in [-0.2, 0) is 19.1 Å². The third-order valence-corrected chi connectivity index (χ3v) is 3.86. The number of halogens is 1. The molecule has 7 nitrogen and oxygen atoms in total. The number of methoxy groups -OCH3 is 1. The van der Waals surface area contributed by atoms with Crippen LogP contribution >= 0.6 is 0 Å². The van der Waals surface area contributed by atoms with Gasteiger partial charge in [0.15, 0.2) is 5.71 Å². The number of benzene rings is 1. The fourth-order valence-electron chi connectivity index (χ4n) is 2.70. The number of esters is 1. The number of fused-ring (bicyclic) bond motifs is 1. The van der Waals surface area contributed by atoms with Gasteiger partial charge in [0.2, 0.25) is 5.91 Å². The van der Waals surface area contributed by atoms with E-state index in [-0.39, 0.29) is 11.4 Å². The molecule has 1 saturated heterocycles. The van der Waals surface area contributed by atoms with Gasteiger partial charge in [-0.1, -0.05) is 12.1 Å². The molecule has 3 rings (SSSR count). The zero-order valence-corrected chi connectivity index (χ0v) is 11.8. The third kappa shape index (κ3) is 1.66. The first kappa shape index (κ1) is 14.2. The van der Waals surface area contributed by atoms with Crippen LogP contribution in [0.2, 0.25) is 0 Å². The number of amides is 2. The summed E-state index contributed by atoms with van der Waals surface area (Å²) in [7, 11) is 1.15. The normalized spacial score (nSPS) is 26.6. The van der Waals surface area contributed by atoms with Gasteiger partial charge in [0.1, 0.15) is 17.3 Å². The summed E-state index contributed by atoms with van der Waals surface area (Å²) in [6, 6.07) is 5.43. The maximum absolute atomic E-state index is 13.9. The average Bonchev–Trinajstić information content (AvgIpc) is 2.95. The second kappa shape index (κ2) is 4.62. The molecule has 2 atom stereocenters. The van der Waals surface area contributed by atoms with Crippen molar-refractivity contribution in [1.82, 2.24) is 5.43 Å². The number of hydrazone groups is 1. The summed E-state index contributed by atoms with van der Waals surface area (Å²) < 4.78 is 18.5. The van der Waals surface area contributed by atoms with Crippen molar-refractivity contribution in [2.24, 2.45) is 11.0 Å². The average molecular weight is 305 g/mol. The standard InChI is InChI=1S/C14H12FN3O4/c1-14-9(10(16-17-14)12(20)22-2)11(19)18(13(14)21)8-6-4-3-5-7(8)15/h3-6,9,17H,1-2H3/t9-,14+/m1/s1. The lowest BCUT2D eigenvalue weighted by atomic mass is 9.86. The molecule has 1 N–H and O–H groups in total. The Labute approximate surface area is 124 Å². The first-order valence-electron chi connectivity index (χ1n) is 6.48. The number of ether oxygens (including phenoxy) is 1. The van der Waals surface area contributed by atoms with Crippen molar-refractivity contribution in [3.8, 4) is 0 Å². The molecule has 1 aromatic carbocycles. The van der Waals surface area contributed by atoms with Crippen LogP contribution in [0.3, 0.4) is 0 Å². The molecule has 0 radical (unpaired) electrons. The van der Waals surface area contributed by atoms with Crippen LogP contribution in [0.15, 0.2) is 29.4 Å². The fourth-order valence-corrected chi connectivity index (χ4v) is 2.70. The molecule has 2 aliphatic heterocycles. The summed E-state index contributed by atoms with van der Waals surface area (Å²) in [5, 5.41) is 3.74. The highest BCUT2D eigenvalue weighted by Gasteiger charge is 2.63. The molecule has 0 bridgehead atoms. The molecule has 2 amide bonds. The van der Waals surface area contributed by atoms with E-state index in [1.807, 2.05) is 0 Å². The van der Waals surface area contributed by atoms with E-state index in [1.165, 1.54) is 25.1 Å². The van der Waals surface area contributed by atoms with Crippen LogP contribution in [0, 0.1) is 11.7 Å². The third-order valence-electron chi connectivity index (χ3n) is 3.86. The van der Waals surface area contributed by atoms with Gasteiger partial charge in [0.25, 0.3) is 5.91 Å². The Morgan fingerprint density at radius 2 is 2.09 bits per heavy atom. The lowest BCUT2D eigenvalue weighted by Gasteiger charge is -2.20. The van der Waals surface area contributed by atoms with E-state index in [1.54, 1.807) is 0 Å². The van der Waals surface area contributed by atoms with Crippen LogP contribution in [0.4, 0.5) is 10.1 Å². The number of carbonyl (C=O) groups is 3. The summed E-state index contributed by atoms with van der Waals surface area (Å²) in [6.45, 7) is 1.44. The largest absolute Gasteiger partial charge is 0.464 e. The first-order valence-corrected chi connectivity index (χ1v) is 6.48. The van der Waals surface area contributed by atoms with E-state index in [0.29, 0.717) is 0 Å². The molecule has 0 aromatic heterocycles. The molecule has 0 unspecified atom stereocenters. The van der Waals surface area contributed by atoms with Crippen molar-refractivity contribution in [3.05, 3.63) is 30.1 Å². The summed E-state index contributed by atoms with van der Waals surface area (Å²) in [5.41, 5.74) is 0.739. The number of para-hydroxylation sites is 1. The minimum atomic E-state index is -1.43. The van der Waals surface area contributed by atoms with Crippen molar-refractivity contribution in [2.45, 2.75) is 12.5 Å². The topological polar surface area (TPSA) is 88.1 Å². The maximum Gasteiger partial charge on any atom is 0.355 e. The summed E-state index contributed by atoms with van der Waals surface area (Å²) in [6.07, 6.45) is 0. The van der Waals surface area contributed by atoms with Crippen LogP contribution in [-0.4, -0.2) is 36.1 Å². The lowest BCUT2D eigenvalue weighted by Crippen LogP contribution is -2.48. The molecule has 1 fully saturated rings. The predicted octanol–water partition coefficient (Wildman–Crippen LogP) is 0.206. The van der Waals surface area contributed by atoms with Crippen LogP contribution in [0.1, 0.15) is 6.92 Å². The summed E-state index contributed by atoms with van der Waals surface area (Å²) >= 11 is 0. The monoisotopic (exact) mass is 305 g/mol. The highest BCUT2D eigenvalue weighted by molar-refractivity contribution is 6.47. The van der Waals surface area contributed by atoms with Gasteiger partial charge in [-0.3, -0.25) is 15.0 Å². The van der Waals surface area contributed by atoms with Crippen molar-refractivity contribution < 1.29 is 23.5 Å². The Balaban J connectivity index is 2.07. The Bertz CT molecular complexity index is 733. The van der Waals surface area contributed by atoms with Crippen molar-refractivity contribution >= 4 is 29.2 Å². The molecule has 8 heteroatoms. The quantitative estimate of drug-likeness (QED) is 0.623. The summed E-state index contributed by atoms with van der Waals surface area (Å²) in [5.74, 6) is -4.05. The second-order valence-electron chi connectivity index (χ2n) is 5.17. The molecule has 2 aliphatic rings. The van der Waals surface area contributed by atoms with E-state index in [0.717, 1.165) is 18.1 Å². The van der Waals surface area contributed by atoms with Gasteiger partial charge in [0.05, 0.1) is 12.8 Å². The first-order chi connectivity index (χ1) is 10.4. The minimum absolute atomic E-state index is 0.154. The molecule has 0 aliphatic carbocycles. The van der Waals surface area contributed by atoms with E-state index in [2.05, 4.69) is 15.3 Å². The van der Waals surface area contributed by atoms with Crippen molar-refractivity contribution in [1.29, 1.82) is 0 Å². The number of imide groups is 1. The van der Waals surface area contributed by atoms with Gasteiger partial charge in [-0.2, -0.15) is 5.10 Å². The van der Waals surface area contributed by atoms with Crippen LogP contribution < -0.4 is 10.3 Å². The maximum atomic E-state index is 13.9. The Kier molecular flexibility index (Phi) is 2.98. The number of anilines is 1. The van der Waals surface area contributed by atoms with Crippen molar-refractivity contribution in [3.63, 3.8) is 0 Å². The molecule has 22 heavy (non-hydrogen) atoms. The molecule has 2 heterocycles. The molecular formula is C14H12FN3O4. The SMILES string of the molecule is COC(=O)C1=NN[C@]2(C)C(=O)N(c3ccccc3F)C(=O)[C@@H]12. The number of nitrogens with one attached hydrogen (secondary N) is 1. The number of rotatable bonds is 2. The van der Waals surface area contributed by atoms with E-state index >= 15 is 0 Å². The van der Waals surface area contributed by atoms with E-state index in [4.69, 9.17) is 0 Å². The lowest BCUT2D eigenvalue weighted by molar-refractivity contribution is -0.133. The Morgan fingerprint density at radius 1 is 1.41 bits per heavy atom. The predicted molar refractivity (Wildman–Crippen MR) is 73.4 cm³/mol. The van der Waals surface area contributed by atoms with Gasteiger partial charge in [-0.25, -0.2) is 14.1 Å². The van der Waals surface area contributed by atoms with Gasteiger partial charge in [-0.05, 0) is 19.1 Å². The Morgan fingerprint density at radius 3 is 2.73 bits per heavy atom. The van der Waals surface area contributed by atoms with E-state index in [9.17, 15) is 18.8 Å². The van der Waals surface area contributed by atoms with Gasteiger partial charge >= 0.3 is 5.97 Å². The molecule has 114 valence electrons. The molecule has 0 saturated carbocycles. The van der Waals surface area contributed by atoms with Gasteiger partial charge < -0.3 is 4.74 Å². The van der Waals surface area contributed by atoms with E-state index < -0.39 is 35.1 Å². The zero-order chi connectivity index (χ0) is 16.1. The molecule has 1 aromatic rings. The Hall–Kier alpha value is -2.77. The zero-order valence-electron chi connectivity index (χ0n) is 11.8.